The predicted octanol–water partition coefficient (Wildman–Crippen LogP) is 1.99. The van der Waals surface area contributed by atoms with Crippen LogP contribution in [0.25, 0.3) is 10.9 Å². The van der Waals surface area contributed by atoms with Crippen LogP contribution in [0.3, 0.4) is 0 Å². The minimum Gasteiger partial charge on any atom is -0.261 e. The number of hydrogen-bond acceptors (Lipinski definition) is 3. The second-order valence-corrected chi connectivity index (χ2v) is 2.87. The molecule has 0 saturated carbocycles. The van der Waals surface area contributed by atoms with Crippen LogP contribution >= 0.6 is 11.6 Å². The zero-order valence-corrected chi connectivity index (χ0v) is 7.21. The number of nitrogens with zero attached hydrogens (tertiary/aromatic N) is 3. The lowest BCUT2D eigenvalue weighted by Crippen LogP contribution is -1.86. The van der Waals surface area contributed by atoms with Crippen LogP contribution in [0, 0.1) is 6.92 Å². The topological polar surface area (TPSA) is 38.7 Å². The summed E-state index contributed by atoms with van der Waals surface area (Å²) in [6.45, 7) is 1.91. The summed E-state index contributed by atoms with van der Waals surface area (Å²) in [5, 5.41) is 1.25. The molecule has 60 valence electrons. The van der Waals surface area contributed by atoms with Gasteiger partial charge in [-0.05, 0) is 13.0 Å². The van der Waals surface area contributed by atoms with Gasteiger partial charge in [0.15, 0.2) is 0 Å². The molecule has 0 bridgehead atoms. The van der Waals surface area contributed by atoms with Crippen molar-refractivity contribution in [2.24, 2.45) is 0 Å². The molecule has 0 radical (unpaired) electrons. The van der Waals surface area contributed by atoms with Crippen molar-refractivity contribution in [3.63, 3.8) is 0 Å². The zero-order valence-electron chi connectivity index (χ0n) is 6.45. The van der Waals surface area contributed by atoms with E-state index in [4.69, 9.17) is 11.6 Å². The average molecular weight is 180 g/mol. The Labute approximate surface area is 74.4 Å². The smallest absolute Gasteiger partial charge is 0.141 e. The van der Waals surface area contributed by atoms with Crippen molar-refractivity contribution in [3.05, 3.63) is 29.4 Å². The summed E-state index contributed by atoms with van der Waals surface area (Å²) >= 11 is 5.82. The summed E-state index contributed by atoms with van der Waals surface area (Å²) in [5.74, 6) is 0. The summed E-state index contributed by atoms with van der Waals surface area (Å²) in [5.41, 5.74) is 1.76. The maximum absolute atomic E-state index is 5.82. The monoisotopic (exact) mass is 179 g/mol. The molecule has 2 aromatic rings. The largest absolute Gasteiger partial charge is 0.261 e. The molecule has 4 heteroatoms. The summed E-state index contributed by atoms with van der Waals surface area (Å²) < 4.78 is 0. The van der Waals surface area contributed by atoms with Crippen LogP contribution in [-0.4, -0.2) is 15.0 Å². The average Bonchev–Trinajstić information content (AvgIpc) is 2.04. The lowest BCUT2D eigenvalue weighted by atomic mass is 10.3. The number of fused-ring (bicyclic) bond motifs is 1. The Morgan fingerprint density at radius 3 is 2.92 bits per heavy atom. The summed E-state index contributed by atoms with van der Waals surface area (Å²) in [6, 6.07) is 1.88. The Balaban J connectivity index is 2.86. The minimum absolute atomic E-state index is 0.451. The van der Waals surface area contributed by atoms with Crippen LogP contribution in [0.5, 0.6) is 0 Å². The van der Waals surface area contributed by atoms with E-state index in [9.17, 15) is 0 Å². The Morgan fingerprint density at radius 2 is 2.08 bits per heavy atom. The van der Waals surface area contributed by atoms with Crippen molar-refractivity contribution in [2.75, 3.05) is 0 Å². The number of aryl methyl sites for hydroxylation is 1. The second-order valence-electron chi connectivity index (χ2n) is 2.51. The van der Waals surface area contributed by atoms with Crippen molar-refractivity contribution >= 4 is 22.5 Å². The molecule has 12 heavy (non-hydrogen) atoms. The fraction of sp³-hybridized carbons (Fsp3) is 0.125. The molecule has 0 atom stereocenters. The van der Waals surface area contributed by atoms with Crippen LogP contribution in [0.2, 0.25) is 5.15 Å². The highest BCUT2D eigenvalue weighted by molar-refractivity contribution is 6.33. The molecule has 0 amide bonds. The molecule has 3 nitrogen and oxygen atoms in total. The van der Waals surface area contributed by atoms with E-state index in [2.05, 4.69) is 15.0 Å². The molecule has 0 spiro atoms. The number of pyridine rings is 1. The standard InChI is InChI=1S/C8H6ClN3/c1-5-2-7-6(3-10-5)8(9)12-4-11-7/h2-4H,1H3. The fourth-order valence-corrected chi connectivity index (χ4v) is 1.21. The van der Waals surface area contributed by atoms with Gasteiger partial charge in [0.25, 0.3) is 0 Å². The first-order valence-corrected chi connectivity index (χ1v) is 3.88. The van der Waals surface area contributed by atoms with Gasteiger partial charge >= 0.3 is 0 Å². The summed E-state index contributed by atoms with van der Waals surface area (Å²) in [7, 11) is 0. The van der Waals surface area contributed by atoms with E-state index in [0.717, 1.165) is 16.6 Å². The van der Waals surface area contributed by atoms with Gasteiger partial charge in [-0.3, -0.25) is 4.98 Å². The number of hydrogen-bond donors (Lipinski definition) is 0. The molecule has 0 aliphatic carbocycles. The molecule has 2 aromatic heterocycles. The molecule has 0 aliphatic heterocycles. The first-order valence-electron chi connectivity index (χ1n) is 3.50. The number of halogens is 1. The summed E-state index contributed by atoms with van der Waals surface area (Å²) in [6.07, 6.45) is 3.14. The van der Waals surface area contributed by atoms with Gasteiger partial charge in [-0.2, -0.15) is 0 Å². The van der Waals surface area contributed by atoms with Crippen LogP contribution in [0.15, 0.2) is 18.6 Å². The van der Waals surface area contributed by atoms with Gasteiger partial charge in [-0.25, -0.2) is 9.97 Å². The zero-order chi connectivity index (χ0) is 8.55. The van der Waals surface area contributed by atoms with E-state index >= 15 is 0 Å². The third-order valence-corrected chi connectivity index (χ3v) is 1.91. The second kappa shape index (κ2) is 2.68. The molecule has 0 saturated heterocycles. The quantitative estimate of drug-likeness (QED) is 0.581. The van der Waals surface area contributed by atoms with Gasteiger partial charge in [-0.15, -0.1) is 0 Å². The molecular weight excluding hydrogens is 174 g/mol. The highest BCUT2D eigenvalue weighted by atomic mass is 35.5. The van der Waals surface area contributed by atoms with Crippen molar-refractivity contribution in [2.45, 2.75) is 6.92 Å². The lowest BCUT2D eigenvalue weighted by molar-refractivity contribution is 1.17. The van der Waals surface area contributed by atoms with E-state index in [1.165, 1.54) is 6.33 Å². The van der Waals surface area contributed by atoms with Crippen LogP contribution in [0.1, 0.15) is 5.69 Å². The first kappa shape index (κ1) is 7.43. The Kier molecular flexibility index (Phi) is 1.66. The summed E-state index contributed by atoms with van der Waals surface area (Å²) in [4.78, 5) is 12.0. The molecule has 0 aliphatic rings. The van der Waals surface area contributed by atoms with E-state index in [-0.39, 0.29) is 0 Å². The first-order chi connectivity index (χ1) is 5.77. The van der Waals surface area contributed by atoms with Crippen molar-refractivity contribution in [1.29, 1.82) is 0 Å². The normalized spacial score (nSPS) is 10.5. The van der Waals surface area contributed by atoms with Gasteiger partial charge < -0.3 is 0 Å². The molecular formula is C8H6ClN3. The van der Waals surface area contributed by atoms with Gasteiger partial charge in [0.1, 0.15) is 11.5 Å². The van der Waals surface area contributed by atoms with E-state index in [1.54, 1.807) is 6.20 Å². The Hall–Kier alpha value is -1.22. The van der Waals surface area contributed by atoms with Crippen LogP contribution < -0.4 is 0 Å². The highest BCUT2D eigenvalue weighted by Crippen LogP contribution is 2.17. The van der Waals surface area contributed by atoms with Crippen molar-refractivity contribution < 1.29 is 0 Å². The third-order valence-electron chi connectivity index (χ3n) is 1.61. The van der Waals surface area contributed by atoms with Gasteiger partial charge in [0.05, 0.1) is 10.9 Å². The molecule has 2 heterocycles. The number of aromatic nitrogens is 3. The molecule has 0 N–H and O–H groups in total. The molecule has 0 fully saturated rings. The van der Waals surface area contributed by atoms with Gasteiger partial charge in [0, 0.05) is 11.9 Å². The SMILES string of the molecule is Cc1cc2ncnc(Cl)c2cn1. The fourth-order valence-electron chi connectivity index (χ4n) is 1.02. The highest BCUT2D eigenvalue weighted by Gasteiger charge is 2.00. The van der Waals surface area contributed by atoms with E-state index in [1.807, 2.05) is 13.0 Å². The molecule has 0 aromatic carbocycles. The van der Waals surface area contributed by atoms with E-state index in [0.29, 0.717) is 5.15 Å². The maximum Gasteiger partial charge on any atom is 0.141 e. The van der Waals surface area contributed by atoms with Gasteiger partial charge in [0.2, 0.25) is 0 Å². The van der Waals surface area contributed by atoms with Gasteiger partial charge in [-0.1, -0.05) is 11.6 Å². The van der Waals surface area contributed by atoms with Crippen molar-refractivity contribution in [3.8, 4) is 0 Å². The third kappa shape index (κ3) is 1.12. The predicted molar refractivity (Wildman–Crippen MR) is 47.1 cm³/mol. The van der Waals surface area contributed by atoms with Crippen LogP contribution in [-0.2, 0) is 0 Å². The lowest BCUT2D eigenvalue weighted by Gasteiger charge is -1.97. The van der Waals surface area contributed by atoms with Crippen molar-refractivity contribution in [1.82, 2.24) is 15.0 Å². The molecule has 0 unspecified atom stereocenters. The molecule has 2 rings (SSSR count). The van der Waals surface area contributed by atoms with Crippen LogP contribution in [0.4, 0.5) is 0 Å². The number of rotatable bonds is 0. The maximum atomic E-state index is 5.82. The minimum atomic E-state index is 0.451. The van der Waals surface area contributed by atoms with E-state index < -0.39 is 0 Å². The Bertz CT molecular complexity index is 428. The Morgan fingerprint density at radius 1 is 1.25 bits per heavy atom.